The zero-order valence-electron chi connectivity index (χ0n) is 18.0. The van der Waals surface area contributed by atoms with Gasteiger partial charge in [0.2, 0.25) is 0 Å². The van der Waals surface area contributed by atoms with E-state index in [2.05, 4.69) is 4.90 Å². The van der Waals surface area contributed by atoms with Gasteiger partial charge in [-0.05, 0) is 31.7 Å². The maximum Gasteiger partial charge on any atom is 0.290 e. The summed E-state index contributed by atoms with van der Waals surface area (Å²) in [6.45, 7) is 4.39. The summed E-state index contributed by atoms with van der Waals surface area (Å²) in [5.74, 6) is -1.11. The lowest BCUT2D eigenvalue weighted by molar-refractivity contribution is -0.135. The van der Waals surface area contributed by atoms with Crippen LogP contribution in [0.1, 0.15) is 37.3 Å². The average Bonchev–Trinajstić information content (AvgIpc) is 3.07. The van der Waals surface area contributed by atoms with Crippen molar-refractivity contribution in [3.05, 3.63) is 47.0 Å². The molecule has 6 nitrogen and oxygen atoms in total. The van der Waals surface area contributed by atoms with Crippen LogP contribution in [0.4, 0.5) is 4.39 Å². The lowest BCUT2D eigenvalue weighted by atomic mass is 9.77. The molecule has 0 radical (unpaired) electrons. The van der Waals surface area contributed by atoms with Gasteiger partial charge in [-0.1, -0.05) is 18.2 Å². The number of alkyl halides is 1. The van der Waals surface area contributed by atoms with Crippen molar-refractivity contribution in [2.45, 2.75) is 43.2 Å². The van der Waals surface area contributed by atoms with Gasteiger partial charge < -0.3 is 14.4 Å². The molecule has 1 aliphatic carbocycles. The van der Waals surface area contributed by atoms with Gasteiger partial charge >= 0.3 is 0 Å². The van der Waals surface area contributed by atoms with Gasteiger partial charge in [-0.15, -0.1) is 11.6 Å². The lowest BCUT2D eigenvalue weighted by Gasteiger charge is -2.37. The first-order chi connectivity index (χ1) is 15.5. The van der Waals surface area contributed by atoms with Crippen molar-refractivity contribution >= 4 is 23.3 Å². The zero-order valence-corrected chi connectivity index (χ0v) is 18.7. The number of benzene rings is 1. The number of halogens is 2. The molecule has 0 aromatic heterocycles. The highest BCUT2D eigenvalue weighted by Gasteiger charge is 2.53. The summed E-state index contributed by atoms with van der Waals surface area (Å²) < 4.78 is 26.4. The quantitative estimate of drug-likeness (QED) is 0.629. The van der Waals surface area contributed by atoms with E-state index in [1.165, 1.54) is 6.07 Å². The van der Waals surface area contributed by atoms with Crippen LogP contribution in [0, 0.1) is 11.7 Å². The highest BCUT2D eigenvalue weighted by molar-refractivity contribution is 6.21. The van der Waals surface area contributed by atoms with Crippen LogP contribution in [0.25, 0.3) is 0 Å². The van der Waals surface area contributed by atoms with Crippen LogP contribution in [0.2, 0.25) is 0 Å². The summed E-state index contributed by atoms with van der Waals surface area (Å²) in [5.41, 5.74) is 0.643. The summed E-state index contributed by atoms with van der Waals surface area (Å²) >= 11 is 6.35. The molecule has 172 valence electrons. The molecule has 1 saturated heterocycles. The molecule has 0 N–H and O–H groups in total. The van der Waals surface area contributed by atoms with Gasteiger partial charge in [0, 0.05) is 37.1 Å². The molecule has 32 heavy (non-hydrogen) atoms. The highest BCUT2D eigenvalue weighted by atomic mass is 35.5. The van der Waals surface area contributed by atoms with Gasteiger partial charge in [-0.3, -0.25) is 14.5 Å². The number of morpholine rings is 1. The molecule has 3 heterocycles. The van der Waals surface area contributed by atoms with Crippen LogP contribution >= 0.6 is 11.6 Å². The van der Waals surface area contributed by atoms with E-state index in [1.54, 1.807) is 23.1 Å². The molecule has 0 bridgehead atoms. The Bertz CT molecular complexity index is 932. The summed E-state index contributed by atoms with van der Waals surface area (Å²) in [5, 5.41) is -0.0837. The summed E-state index contributed by atoms with van der Waals surface area (Å²) in [7, 11) is 0. The minimum absolute atomic E-state index is 0.0837. The van der Waals surface area contributed by atoms with E-state index >= 15 is 0 Å². The van der Waals surface area contributed by atoms with Crippen molar-refractivity contribution in [1.29, 1.82) is 0 Å². The first kappa shape index (κ1) is 21.9. The molecule has 3 aliphatic heterocycles. The van der Waals surface area contributed by atoms with Crippen LogP contribution in [-0.4, -0.2) is 72.4 Å². The molecular formula is C24H28ClFN2O4. The van der Waals surface area contributed by atoms with E-state index in [4.69, 9.17) is 21.1 Å². The normalized spacial score (nSPS) is 30.9. The third kappa shape index (κ3) is 3.95. The topological polar surface area (TPSA) is 59.1 Å². The molecule has 4 atom stereocenters. The molecule has 2 fully saturated rings. The molecule has 5 rings (SSSR count). The minimum atomic E-state index is -0.757. The van der Waals surface area contributed by atoms with Crippen molar-refractivity contribution in [1.82, 2.24) is 9.80 Å². The van der Waals surface area contributed by atoms with Crippen molar-refractivity contribution in [3.63, 3.8) is 0 Å². The zero-order chi connectivity index (χ0) is 22.2. The van der Waals surface area contributed by atoms with Gasteiger partial charge in [0.1, 0.15) is 11.9 Å². The van der Waals surface area contributed by atoms with Crippen LogP contribution in [0.15, 0.2) is 35.6 Å². The SMILES string of the molecule is O=C1C2=C(OC3CCC(Cl)CC13)C(=O)N(CCCN1CCOCC1)C2c1ccccc1F. The Hall–Kier alpha value is -1.96. The maximum atomic E-state index is 14.9. The van der Waals surface area contributed by atoms with Gasteiger partial charge in [0.05, 0.1) is 30.7 Å². The summed E-state index contributed by atoms with van der Waals surface area (Å²) in [6, 6.07) is 5.62. The first-order valence-corrected chi connectivity index (χ1v) is 11.9. The van der Waals surface area contributed by atoms with Crippen molar-refractivity contribution in [2.75, 3.05) is 39.4 Å². The lowest BCUT2D eigenvalue weighted by Crippen LogP contribution is -2.42. The molecule has 4 aliphatic rings. The number of hydrogen-bond acceptors (Lipinski definition) is 5. The number of amides is 1. The van der Waals surface area contributed by atoms with Crippen molar-refractivity contribution < 1.29 is 23.5 Å². The average molecular weight is 463 g/mol. The molecule has 1 saturated carbocycles. The highest BCUT2D eigenvalue weighted by Crippen LogP contribution is 2.47. The number of rotatable bonds is 5. The van der Waals surface area contributed by atoms with Crippen molar-refractivity contribution in [3.8, 4) is 0 Å². The van der Waals surface area contributed by atoms with Gasteiger partial charge in [-0.2, -0.15) is 0 Å². The second-order valence-corrected chi connectivity index (χ2v) is 9.63. The number of carbonyl (C=O) groups excluding carboxylic acids is 2. The molecule has 0 spiro atoms. The van der Waals surface area contributed by atoms with Gasteiger partial charge in [-0.25, -0.2) is 4.39 Å². The monoisotopic (exact) mass is 462 g/mol. The predicted octanol–water partition coefficient (Wildman–Crippen LogP) is 3.06. The fourth-order valence-electron chi connectivity index (χ4n) is 5.40. The Morgan fingerprint density at radius 1 is 1.09 bits per heavy atom. The number of fused-ring (bicyclic) bond motifs is 1. The Morgan fingerprint density at radius 2 is 1.88 bits per heavy atom. The van der Waals surface area contributed by atoms with Crippen LogP contribution in [-0.2, 0) is 19.1 Å². The molecule has 1 amide bonds. The first-order valence-electron chi connectivity index (χ1n) is 11.5. The number of carbonyl (C=O) groups is 2. The molecule has 4 unspecified atom stereocenters. The fourth-order valence-corrected chi connectivity index (χ4v) is 5.72. The van der Waals surface area contributed by atoms with E-state index in [0.717, 1.165) is 32.5 Å². The van der Waals surface area contributed by atoms with E-state index in [-0.39, 0.29) is 34.8 Å². The minimum Gasteiger partial charge on any atom is -0.483 e. The standard InChI is InChI=1S/C24H28ClFN2O4/c25-15-6-7-19-17(14-15)22(29)20-21(16-4-1-2-5-18(16)26)28(24(30)23(20)32-19)9-3-8-27-10-12-31-13-11-27/h1-2,4-5,15,17,19,21H,3,6-14H2. The van der Waals surface area contributed by atoms with Crippen LogP contribution in [0.5, 0.6) is 0 Å². The molecule has 1 aromatic carbocycles. The van der Waals surface area contributed by atoms with E-state index in [0.29, 0.717) is 43.7 Å². The molecule has 8 heteroatoms. The smallest absolute Gasteiger partial charge is 0.290 e. The third-order valence-electron chi connectivity index (χ3n) is 7.06. The predicted molar refractivity (Wildman–Crippen MR) is 117 cm³/mol. The van der Waals surface area contributed by atoms with Crippen LogP contribution in [0.3, 0.4) is 0 Å². The Morgan fingerprint density at radius 3 is 2.66 bits per heavy atom. The van der Waals surface area contributed by atoms with Gasteiger partial charge in [0.15, 0.2) is 11.5 Å². The number of ketones is 1. The number of nitrogens with zero attached hydrogens (tertiary/aromatic N) is 2. The second kappa shape index (κ2) is 9.12. The Labute approximate surface area is 192 Å². The van der Waals surface area contributed by atoms with Crippen molar-refractivity contribution in [2.24, 2.45) is 5.92 Å². The Kier molecular flexibility index (Phi) is 6.23. The van der Waals surface area contributed by atoms with E-state index in [1.807, 2.05) is 0 Å². The number of hydrogen-bond donors (Lipinski definition) is 0. The van der Waals surface area contributed by atoms with E-state index in [9.17, 15) is 14.0 Å². The third-order valence-corrected chi connectivity index (χ3v) is 7.45. The molecular weight excluding hydrogens is 435 g/mol. The fraction of sp³-hybridized carbons (Fsp3) is 0.583. The van der Waals surface area contributed by atoms with Crippen LogP contribution < -0.4 is 0 Å². The largest absolute Gasteiger partial charge is 0.483 e. The number of Topliss-reactive ketones (excluding diaryl/α,β-unsaturated/α-hetero) is 1. The summed E-state index contributed by atoms with van der Waals surface area (Å²) in [4.78, 5) is 30.9. The van der Waals surface area contributed by atoms with E-state index < -0.39 is 11.9 Å². The van der Waals surface area contributed by atoms with Gasteiger partial charge in [0.25, 0.3) is 5.91 Å². The summed E-state index contributed by atoms with van der Waals surface area (Å²) in [6.07, 6.45) is 2.33. The Balaban J connectivity index is 1.43. The molecule has 1 aromatic rings. The maximum absolute atomic E-state index is 14.9. The second-order valence-electron chi connectivity index (χ2n) is 9.01. The number of ether oxygens (including phenoxy) is 2.